The molecule has 7 rings (SSSR count). The van der Waals surface area contributed by atoms with Crippen LogP contribution in [0.2, 0.25) is 0 Å². The lowest BCUT2D eigenvalue weighted by atomic mass is 9.93. The van der Waals surface area contributed by atoms with Crippen LogP contribution in [0.3, 0.4) is 0 Å². The summed E-state index contributed by atoms with van der Waals surface area (Å²) in [6.45, 7) is 6.20. The van der Waals surface area contributed by atoms with Crippen molar-refractivity contribution in [1.29, 1.82) is 0 Å². The number of rotatable bonds is 8. The van der Waals surface area contributed by atoms with Crippen molar-refractivity contribution in [2.24, 2.45) is 0 Å². The zero-order valence-electron chi connectivity index (χ0n) is 26.0. The van der Waals surface area contributed by atoms with Crippen molar-refractivity contribution < 1.29 is 0 Å². The molecule has 0 aliphatic rings. The van der Waals surface area contributed by atoms with Gasteiger partial charge in [-0.1, -0.05) is 158 Å². The summed E-state index contributed by atoms with van der Waals surface area (Å²) in [5.74, 6) is 0. The molecule has 1 heteroatoms. The van der Waals surface area contributed by atoms with Gasteiger partial charge in [-0.2, -0.15) is 0 Å². The van der Waals surface area contributed by atoms with Crippen LogP contribution in [0, 0.1) is 6.92 Å². The van der Waals surface area contributed by atoms with Gasteiger partial charge >= 0.3 is 0 Å². The number of allylic oxidation sites excluding steroid dienone is 2. The molecule has 0 saturated carbocycles. The fraction of sp³-hybridized carbons (Fsp3) is 0.0222. The summed E-state index contributed by atoms with van der Waals surface area (Å²) < 4.78 is 0. The van der Waals surface area contributed by atoms with Crippen LogP contribution in [0.4, 0.5) is 17.1 Å². The van der Waals surface area contributed by atoms with Crippen LogP contribution in [0.5, 0.6) is 0 Å². The van der Waals surface area contributed by atoms with Gasteiger partial charge in [-0.3, -0.25) is 0 Å². The minimum absolute atomic E-state index is 1.09. The maximum Gasteiger partial charge on any atom is 0.0540 e. The van der Waals surface area contributed by atoms with Crippen molar-refractivity contribution in [3.05, 3.63) is 205 Å². The van der Waals surface area contributed by atoms with Gasteiger partial charge < -0.3 is 4.90 Å². The van der Waals surface area contributed by atoms with E-state index in [1.807, 2.05) is 6.08 Å². The molecule has 1 nitrogen and oxygen atoms in total. The van der Waals surface area contributed by atoms with Gasteiger partial charge in [-0.15, -0.1) is 0 Å². The van der Waals surface area contributed by atoms with Gasteiger partial charge in [0.15, 0.2) is 0 Å². The van der Waals surface area contributed by atoms with Crippen LogP contribution in [0.25, 0.3) is 38.6 Å². The molecule has 0 aliphatic carbocycles. The third-order valence-corrected chi connectivity index (χ3v) is 8.59. The fourth-order valence-corrected chi connectivity index (χ4v) is 6.37. The van der Waals surface area contributed by atoms with Crippen molar-refractivity contribution in [3.8, 4) is 22.3 Å². The van der Waals surface area contributed by atoms with Crippen molar-refractivity contribution >= 4 is 33.4 Å². The van der Waals surface area contributed by atoms with Gasteiger partial charge in [-0.05, 0) is 87.2 Å². The van der Waals surface area contributed by atoms with E-state index in [4.69, 9.17) is 0 Å². The Morgan fingerprint density at radius 3 is 1.93 bits per heavy atom. The number of benzene rings is 7. The Morgan fingerprint density at radius 1 is 0.543 bits per heavy atom. The van der Waals surface area contributed by atoms with Crippen LogP contribution in [-0.2, 0) is 0 Å². The van der Waals surface area contributed by atoms with E-state index in [1.165, 1.54) is 44.2 Å². The van der Waals surface area contributed by atoms with Crippen molar-refractivity contribution in [2.45, 2.75) is 6.92 Å². The van der Waals surface area contributed by atoms with Gasteiger partial charge in [0, 0.05) is 16.8 Å². The van der Waals surface area contributed by atoms with Crippen LogP contribution < -0.4 is 4.90 Å². The van der Waals surface area contributed by atoms with Gasteiger partial charge in [0.2, 0.25) is 0 Å². The van der Waals surface area contributed by atoms with Crippen LogP contribution in [0.1, 0.15) is 16.7 Å². The third-order valence-electron chi connectivity index (χ3n) is 8.59. The van der Waals surface area contributed by atoms with Gasteiger partial charge in [0.05, 0.1) is 5.69 Å². The quantitative estimate of drug-likeness (QED) is 0.159. The lowest BCUT2D eigenvalue weighted by Crippen LogP contribution is -2.11. The predicted molar refractivity (Wildman–Crippen MR) is 198 cm³/mol. The standard InChI is InChI=1S/C45H35N/c1-3-15-41(40-23-9-7-16-33(40)2)37-21-13-22-39(32-37)46(45-27-14-20-35-19-8-10-26-44(35)45)38-30-28-36(29-31-38)43-25-12-11-24-42(43)34-17-5-4-6-18-34/h3-32H,1H2,2H3/b41-15-. The molecule has 0 saturated heterocycles. The van der Waals surface area contributed by atoms with Gasteiger partial charge in [-0.25, -0.2) is 0 Å². The summed E-state index contributed by atoms with van der Waals surface area (Å²) in [5.41, 5.74) is 12.9. The predicted octanol–water partition coefficient (Wildman–Crippen LogP) is 12.6. The average molecular weight is 590 g/mol. The molecule has 7 aromatic rings. The first kappa shape index (κ1) is 28.8. The Kier molecular flexibility index (Phi) is 8.13. The molecule has 0 radical (unpaired) electrons. The second kappa shape index (κ2) is 13.0. The van der Waals surface area contributed by atoms with Crippen LogP contribution >= 0.6 is 0 Å². The first-order valence-corrected chi connectivity index (χ1v) is 15.7. The van der Waals surface area contributed by atoms with E-state index in [2.05, 4.69) is 194 Å². The minimum Gasteiger partial charge on any atom is -0.310 e. The minimum atomic E-state index is 1.09. The zero-order valence-corrected chi connectivity index (χ0v) is 26.0. The Balaban J connectivity index is 1.37. The molecule has 0 atom stereocenters. The molecule has 220 valence electrons. The smallest absolute Gasteiger partial charge is 0.0540 e. The van der Waals surface area contributed by atoms with Gasteiger partial charge in [0.25, 0.3) is 0 Å². The highest BCUT2D eigenvalue weighted by molar-refractivity contribution is 5.99. The van der Waals surface area contributed by atoms with Gasteiger partial charge in [0.1, 0.15) is 0 Å². The fourth-order valence-electron chi connectivity index (χ4n) is 6.37. The number of hydrogen-bond donors (Lipinski definition) is 0. The van der Waals surface area contributed by atoms with Crippen molar-refractivity contribution in [2.75, 3.05) is 4.90 Å². The molecule has 0 heterocycles. The molecular formula is C45H35N. The van der Waals surface area contributed by atoms with Crippen molar-refractivity contribution in [1.82, 2.24) is 0 Å². The second-order valence-corrected chi connectivity index (χ2v) is 11.5. The summed E-state index contributed by atoms with van der Waals surface area (Å²) in [5, 5.41) is 2.41. The van der Waals surface area contributed by atoms with E-state index in [9.17, 15) is 0 Å². The summed E-state index contributed by atoms with van der Waals surface area (Å²) in [7, 11) is 0. The molecule has 46 heavy (non-hydrogen) atoms. The van der Waals surface area contributed by atoms with Crippen LogP contribution in [0.15, 0.2) is 189 Å². The molecule has 0 N–H and O–H groups in total. The van der Waals surface area contributed by atoms with E-state index in [-0.39, 0.29) is 0 Å². The first-order chi connectivity index (χ1) is 22.7. The Labute approximate surface area is 272 Å². The number of hydrogen-bond acceptors (Lipinski definition) is 1. The third kappa shape index (κ3) is 5.67. The number of fused-ring (bicyclic) bond motifs is 1. The van der Waals surface area contributed by atoms with E-state index in [0.717, 1.165) is 28.2 Å². The lowest BCUT2D eigenvalue weighted by molar-refractivity contribution is 1.29. The number of aryl methyl sites for hydroxylation is 1. The number of nitrogens with zero attached hydrogens (tertiary/aromatic N) is 1. The molecule has 0 aliphatic heterocycles. The highest BCUT2D eigenvalue weighted by atomic mass is 15.1. The zero-order chi connectivity index (χ0) is 31.3. The Bertz CT molecular complexity index is 2170. The molecular weight excluding hydrogens is 555 g/mol. The molecule has 0 fully saturated rings. The first-order valence-electron chi connectivity index (χ1n) is 15.7. The van der Waals surface area contributed by atoms with Crippen molar-refractivity contribution in [3.63, 3.8) is 0 Å². The Hall–Kier alpha value is -5.92. The summed E-state index contributed by atoms with van der Waals surface area (Å²) >= 11 is 0. The normalized spacial score (nSPS) is 11.4. The monoisotopic (exact) mass is 589 g/mol. The largest absolute Gasteiger partial charge is 0.310 e. The molecule has 0 aromatic heterocycles. The molecule has 0 spiro atoms. The topological polar surface area (TPSA) is 3.24 Å². The number of anilines is 3. The Morgan fingerprint density at radius 2 is 1.17 bits per heavy atom. The summed E-state index contributed by atoms with van der Waals surface area (Å²) in [6, 6.07) is 60.8. The van der Waals surface area contributed by atoms with E-state index >= 15 is 0 Å². The highest BCUT2D eigenvalue weighted by Crippen LogP contribution is 2.41. The molecule has 0 bridgehead atoms. The lowest BCUT2D eigenvalue weighted by Gasteiger charge is -2.28. The average Bonchev–Trinajstić information content (AvgIpc) is 3.12. The highest BCUT2D eigenvalue weighted by Gasteiger charge is 2.18. The summed E-state index contributed by atoms with van der Waals surface area (Å²) in [4.78, 5) is 2.38. The maximum atomic E-state index is 4.04. The summed E-state index contributed by atoms with van der Waals surface area (Å²) in [6.07, 6.45) is 3.99. The molecule has 0 amide bonds. The molecule has 0 unspecified atom stereocenters. The van der Waals surface area contributed by atoms with E-state index < -0.39 is 0 Å². The van der Waals surface area contributed by atoms with E-state index in [1.54, 1.807) is 0 Å². The second-order valence-electron chi connectivity index (χ2n) is 11.5. The molecule has 7 aromatic carbocycles. The van der Waals surface area contributed by atoms with E-state index in [0.29, 0.717) is 0 Å². The van der Waals surface area contributed by atoms with Crippen LogP contribution in [-0.4, -0.2) is 0 Å². The maximum absolute atomic E-state index is 4.04. The SMILES string of the molecule is C=C/C=C(/c1cccc(N(c2ccc(-c3ccccc3-c3ccccc3)cc2)c2cccc3ccccc23)c1)c1ccccc1C.